The van der Waals surface area contributed by atoms with Crippen LogP contribution in [0.1, 0.15) is 22.8 Å². The van der Waals surface area contributed by atoms with E-state index in [9.17, 15) is 9.90 Å². The van der Waals surface area contributed by atoms with Crippen LogP contribution in [0.2, 0.25) is 0 Å². The Bertz CT molecular complexity index is 453. The van der Waals surface area contributed by atoms with E-state index < -0.39 is 0 Å². The van der Waals surface area contributed by atoms with Crippen LogP contribution < -0.4 is 5.73 Å². The van der Waals surface area contributed by atoms with E-state index in [1.165, 1.54) is 12.1 Å². The van der Waals surface area contributed by atoms with Crippen LogP contribution in [0, 0.1) is 6.92 Å². The minimum Gasteiger partial charge on any atom is -0.507 e. The van der Waals surface area contributed by atoms with Gasteiger partial charge in [0.25, 0.3) is 0 Å². The van der Waals surface area contributed by atoms with Crippen molar-refractivity contribution in [3.63, 3.8) is 0 Å². The summed E-state index contributed by atoms with van der Waals surface area (Å²) in [5.41, 5.74) is 7.35. The first kappa shape index (κ1) is 12.0. The van der Waals surface area contributed by atoms with Crippen molar-refractivity contribution in [2.75, 3.05) is 0 Å². The quantitative estimate of drug-likeness (QED) is 0.464. The highest BCUT2D eigenvalue weighted by Crippen LogP contribution is 2.23. The standard InChI is InChI=1S/C13H15NO2/c1-4-8(2)12(14)13(16)11-9(3)6-5-7-10(11)15/h4-7,15H,1,14H2,2-3H3/b12-8+. The van der Waals surface area contributed by atoms with E-state index in [1.54, 1.807) is 26.0 Å². The third-order valence-electron chi connectivity index (χ3n) is 2.45. The Hall–Kier alpha value is -2.03. The lowest BCUT2D eigenvalue weighted by Gasteiger charge is -2.08. The molecule has 3 nitrogen and oxygen atoms in total. The first-order valence-electron chi connectivity index (χ1n) is 4.91. The van der Waals surface area contributed by atoms with Crippen molar-refractivity contribution in [3.05, 3.63) is 53.3 Å². The van der Waals surface area contributed by atoms with Gasteiger partial charge in [-0.05, 0) is 31.1 Å². The number of phenolic OH excluding ortho intramolecular Hbond substituents is 1. The fourth-order valence-corrected chi connectivity index (χ4v) is 1.37. The number of nitrogens with two attached hydrogens (primary N) is 1. The molecular formula is C13H15NO2. The van der Waals surface area contributed by atoms with E-state index in [-0.39, 0.29) is 22.8 Å². The second-order valence-corrected chi connectivity index (χ2v) is 3.60. The van der Waals surface area contributed by atoms with Crippen molar-refractivity contribution < 1.29 is 9.90 Å². The van der Waals surface area contributed by atoms with Crippen molar-refractivity contribution in [2.24, 2.45) is 5.73 Å². The summed E-state index contributed by atoms with van der Waals surface area (Å²) in [6.07, 6.45) is 1.52. The molecule has 84 valence electrons. The molecule has 1 aromatic carbocycles. The fraction of sp³-hybridized carbons (Fsp3) is 0.154. The molecule has 0 radical (unpaired) electrons. The maximum absolute atomic E-state index is 12.0. The van der Waals surface area contributed by atoms with Gasteiger partial charge in [0.2, 0.25) is 5.78 Å². The van der Waals surface area contributed by atoms with Gasteiger partial charge in [0.1, 0.15) is 5.75 Å². The Labute approximate surface area is 94.9 Å². The van der Waals surface area contributed by atoms with Crippen molar-refractivity contribution >= 4 is 5.78 Å². The Morgan fingerprint density at radius 3 is 2.62 bits per heavy atom. The molecule has 3 N–H and O–H groups in total. The molecule has 0 aromatic heterocycles. The predicted molar refractivity (Wildman–Crippen MR) is 64.3 cm³/mol. The van der Waals surface area contributed by atoms with Crippen molar-refractivity contribution in [1.29, 1.82) is 0 Å². The topological polar surface area (TPSA) is 63.3 Å². The first-order valence-corrected chi connectivity index (χ1v) is 4.91. The number of phenols is 1. The average molecular weight is 217 g/mol. The molecule has 0 aliphatic heterocycles. The summed E-state index contributed by atoms with van der Waals surface area (Å²) in [6.45, 7) is 7.01. The number of aryl methyl sites for hydroxylation is 1. The smallest absolute Gasteiger partial charge is 0.212 e. The van der Waals surface area contributed by atoms with Gasteiger partial charge in [-0.3, -0.25) is 4.79 Å². The zero-order valence-corrected chi connectivity index (χ0v) is 9.45. The number of benzene rings is 1. The second kappa shape index (κ2) is 4.66. The van der Waals surface area contributed by atoms with Crippen LogP contribution in [0.5, 0.6) is 5.75 Å². The largest absolute Gasteiger partial charge is 0.507 e. The number of rotatable bonds is 3. The minimum absolute atomic E-state index is 0.0511. The van der Waals surface area contributed by atoms with Gasteiger partial charge < -0.3 is 10.8 Å². The molecule has 0 amide bonds. The molecule has 0 heterocycles. The Balaban J connectivity index is 3.31. The summed E-state index contributed by atoms with van der Waals surface area (Å²) in [5.74, 6) is -0.419. The molecule has 0 saturated heterocycles. The number of carbonyl (C=O) groups is 1. The van der Waals surface area contributed by atoms with E-state index in [4.69, 9.17) is 5.73 Å². The zero-order chi connectivity index (χ0) is 12.3. The van der Waals surface area contributed by atoms with Gasteiger partial charge in [-0.2, -0.15) is 0 Å². The second-order valence-electron chi connectivity index (χ2n) is 3.60. The van der Waals surface area contributed by atoms with Crippen LogP contribution in [0.3, 0.4) is 0 Å². The molecule has 0 bridgehead atoms. The van der Waals surface area contributed by atoms with Crippen LogP contribution in [-0.4, -0.2) is 10.9 Å². The molecule has 0 aliphatic rings. The number of Topliss-reactive ketones (excluding diaryl/α,β-unsaturated/α-hetero) is 1. The highest BCUT2D eigenvalue weighted by molar-refractivity contribution is 6.11. The predicted octanol–water partition coefficient (Wildman–Crippen LogP) is 2.30. The molecule has 16 heavy (non-hydrogen) atoms. The summed E-state index contributed by atoms with van der Waals surface area (Å²) >= 11 is 0. The molecular weight excluding hydrogens is 202 g/mol. The van der Waals surface area contributed by atoms with E-state index in [2.05, 4.69) is 6.58 Å². The maximum atomic E-state index is 12.0. The van der Waals surface area contributed by atoms with Crippen LogP contribution in [0.25, 0.3) is 0 Å². The van der Waals surface area contributed by atoms with Crippen LogP contribution in [0.4, 0.5) is 0 Å². The molecule has 0 spiro atoms. The lowest BCUT2D eigenvalue weighted by atomic mass is 9.99. The number of allylic oxidation sites excluding steroid dienone is 3. The Kier molecular flexibility index (Phi) is 3.51. The summed E-state index contributed by atoms with van der Waals surface area (Å²) < 4.78 is 0. The lowest BCUT2D eigenvalue weighted by molar-refractivity contribution is 0.102. The van der Waals surface area contributed by atoms with Crippen molar-refractivity contribution in [3.8, 4) is 5.75 Å². The molecule has 1 aromatic rings. The number of aromatic hydroxyl groups is 1. The van der Waals surface area contributed by atoms with E-state index in [0.29, 0.717) is 11.1 Å². The summed E-state index contributed by atoms with van der Waals surface area (Å²) in [4.78, 5) is 12.0. The van der Waals surface area contributed by atoms with E-state index in [1.807, 2.05) is 0 Å². The summed E-state index contributed by atoms with van der Waals surface area (Å²) in [5, 5.41) is 9.64. The van der Waals surface area contributed by atoms with Gasteiger partial charge in [0.15, 0.2) is 0 Å². The van der Waals surface area contributed by atoms with Crippen LogP contribution >= 0.6 is 0 Å². The molecule has 0 saturated carbocycles. The van der Waals surface area contributed by atoms with Gasteiger partial charge in [-0.1, -0.05) is 24.8 Å². The highest BCUT2D eigenvalue weighted by atomic mass is 16.3. The Morgan fingerprint density at radius 2 is 2.12 bits per heavy atom. The van der Waals surface area contributed by atoms with Crippen LogP contribution in [-0.2, 0) is 0 Å². The molecule has 0 fully saturated rings. The molecule has 0 unspecified atom stereocenters. The third kappa shape index (κ3) is 2.14. The molecule has 0 atom stereocenters. The van der Waals surface area contributed by atoms with Gasteiger partial charge >= 0.3 is 0 Å². The molecule has 1 rings (SSSR count). The van der Waals surface area contributed by atoms with Gasteiger partial charge in [0, 0.05) is 0 Å². The summed E-state index contributed by atoms with van der Waals surface area (Å²) in [6, 6.07) is 4.90. The first-order chi connectivity index (χ1) is 7.49. The number of hydrogen-bond acceptors (Lipinski definition) is 3. The maximum Gasteiger partial charge on any atom is 0.212 e. The monoisotopic (exact) mass is 217 g/mol. The van der Waals surface area contributed by atoms with Crippen molar-refractivity contribution in [2.45, 2.75) is 13.8 Å². The van der Waals surface area contributed by atoms with Crippen LogP contribution in [0.15, 0.2) is 42.1 Å². The van der Waals surface area contributed by atoms with Gasteiger partial charge in [-0.15, -0.1) is 0 Å². The zero-order valence-electron chi connectivity index (χ0n) is 9.45. The number of ketones is 1. The van der Waals surface area contributed by atoms with E-state index in [0.717, 1.165) is 0 Å². The third-order valence-corrected chi connectivity index (χ3v) is 2.45. The van der Waals surface area contributed by atoms with Gasteiger partial charge in [0.05, 0.1) is 11.3 Å². The molecule has 3 heteroatoms. The lowest BCUT2D eigenvalue weighted by Crippen LogP contribution is -2.14. The SMILES string of the molecule is C=C/C(C)=C(/N)C(=O)c1c(C)cccc1O. The Morgan fingerprint density at radius 1 is 1.50 bits per heavy atom. The van der Waals surface area contributed by atoms with Gasteiger partial charge in [-0.25, -0.2) is 0 Å². The minimum atomic E-state index is -0.368. The highest BCUT2D eigenvalue weighted by Gasteiger charge is 2.17. The summed E-state index contributed by atoms with van der Waals surface area (Å²) in [7, 11) is 0. The normalized spacial score (nSPS) is 11.9. The van der Waals surface area contributed by atoms with Crippen molar-refractivity contribution in [1.82, 2.24) is 0 Å². The number of hydrogen-bond donors (Lipinski definition) is 2. The van der Waals surface area contributed by atoms with E-state index >= 15 is 0 Å². The fourth-order valence-electron chi connectivity index (χ4n) is 1.37. The average Bonchev–Trinajstić information content (AvgIpc) is 2.26. The number of carbonyl (C=O) groups excluding carboxylic acids is 1. The molecule has 0 aliphatic carbocycles.